The largest absolute Gasteiger partial charge is 0.334 e. The zero-order chi connectivity index (χ0) is 11.4. The highest BCUT2D eigenvalue weighted by Crippen LogP contribution is 2.13. The van der Waals surface area contributed by atoms with E-state index in [0.29, 0.717) is 5.02 Å². The van der Waals surface area contributed by atoms with Crippen LogP contribution in [-0.4, -0.2) is 25.2 Å². The van der Waals surface area contributed by atoms with E-state index in [1.54, 1.807) is 24.3 Å². The van der Waals surface area contributed by atoms with Gasteiger partial charge >= 0.3 is 6.03 Å². The number of rotatable bonds is 2. The number of halogens is 1. The van der Waals surface area contributed by atoms with Gasteiger partial charge in [0, 0.05) is 23.3 Å². The molecule has 4 nitrogen and oxygen atoms in total. The van der Waals surface area contributed by atoms with E-state index in [0.717, 1.165) is 25.2 Å². The molecule has 1 aliphatic heterocycles. The van der Waals surface area contributed by atoms with Gasteiger partial charge in [-0.2, -0.15) is 0 Å². The molecule has 0 bridgehead atoms. The third-order valence-corrected chi connectivity index (χ3v) is 2.75. The minimum absolute atomic E-state index is 0.170. The molecule has 16 heavy (non-hydrogen) atoms. The van der Waals surface area contributed by atoms with Crippen LogP contribution in [0.4, 0.5) is 10.5 Å². The number of carbonyl (C=O) groups is 1. The summed E-state index contributed by atoms with van der Waals surface area (Å²) in [5.74, 6) is 0. The number of hydrogen-bond acceptors (Lipinski definition) is 2. The Morgan fingerprint density at radius 2 is 2.12 bits per heavy atom. The minimum Gasteiger partial charge on any atom is -0.334 e. The first-order chi connectivity index (χ1) is 7.74. The number of amides is 2. The Hall–Kier alpha value is -1.26. The molecule has 86 valence electrons. The van der Waals surface area contributed by atoms with Crippen molar-refractivity contribution in [1.82, 2.24) is 10.6 Å². The van der Waals surface area contributed by atoms with Crippen LogP contribution in [0.5, 0.6) is 0 Å². The second-order valence-electron chi connectivity index (χ2n) is 3.80. The molecule has 0 radical (unpaired) electrons. The average molecular weight is 240 g/mol. The van der Waals surface area contributed by atoms with Crippen LogP contribution in [0.2, 0.25) is 5.02 Å². The van der Waals surface area contributed by atoms with Crippen molar-refractivity contribution in [3.63, 3.8) is 0 Å². The summed E-state index contributed by atoms with van der Waals surface area (Å²) in [6.45, 7) is 1.81. The molecule has 1 aliphatic rings. The van der Waals surface area contributed by atoms with Crippen molar-refractivity contribution >= 4 is 23.3 Å². The maximum atomic E-state index is 11.6. The van der Waals surface area contributed by atoms with Gasteiger partial charge in [0.15, 0.2) is 0 Å². The Kier molecular flexibility index (Phi) is 3.64. The summed E-state index contributed by atoms with van der Waals surface area (Å²) in [6, 6.07) is 7.09. The fourth-order valence-corrected chi connectivity index (χ4v) is 1.79. The topological polar surface area (TPSA) is 53.2 Å². The fourth-order valence-electron chi connectivity index (χ4n) is 1.66. The van der Waals surface area contributed by atoms with Crippen molar-refractivity contribution in [2.45, 2.75) is 12.5 Å². The van der Waals surface area contributed by atoms with Gasteiger partial charge in [0.2, 0.25) is 0 Å². The Labute approximate surface area is 99.4 Å². The standard InChI is InChI=1S/C11H14ClN3O/c12-8-1-3-9(4-2-8)14-11(16)15-10-5-6-13-7-10/h1-4,10,13H,5-7H2,(H2,14,15,16)/t10-/m0/s1. The average Bonchev–Trinajstić information content (AvgIpc) is 2.74. The van der Waals surface area contributed by atoms with Crippen LogP contribution in [0.15, 0.2) is 24.3 Å². The highest BCUT2D eigenvalue weighted by molar-refractivity contribution is 6.30. The minimum atomic E-state index is -0.170. The number of carbonyl (C=O) groups excluding carboxylic acids is 1. The van der Waals surface area contributed by atoms with Gasteiger partial charge < -0.3 is 16.0 Å². The summed E-state index contributed by atoms with van der Waals surface area (Å²) in [5, 5.41) is 9.50. The zero-order valence-corrected chi connectivity index (χ0v) is 9.55. The van der Waals surface area contributed by atoms with Crippen LogP contribution < -0.4 is 16.0 Å². The number of anilines is 1. The lowest BCUT2D eigenvalue weighted by Gasteiger charge is -2.12. The molecule has 0 aromatic heterocycles. The van der Waals surface area contributed by atoms with Gasteiger partial charge in [0.05, 0.1) is 0 Å². The van der Waals surface area contributed by atoms with Crippen molar-refractivity contribution < 1.29 is 4.79 Å². The third kappa shape index (κ3) is 3.12. The lowest BCUT2D eigenvalue weighted by atomic mass is 10.3. The van der Waals surface area contributed by atoms with E-state index in [9.17, 15) is 4.79 Å². The molecule has 1 heterocycles. The molecule has 1 aromatic carbocycles. The van der Waals surface area contributed by atoms with Crippen LogP contribution in [0, 0.1) is 0 Å². The molecule has 0 saturated carbocycles. The predicted octanol–water partition coefficient (Wildman–Crippen LogP) is 1.82. The molecule has 3 N–H and O–H groups in total. The van der Waals surface area contributed by atoms with Gasteiger partial charge in [0.1, 0.15) is 0 Å². The number of urea groups is 1. The Morgan fingerprint density at radius 3 is 2.75 bits per heavy atom. The lowest BCUT2D eigenvalue weighted by Crippen LogP contribution is -2.39. The SMILES string of the molecule is O=C(Nc1ccc(Cl)cc1)N[C@H]1CCNC1. The van der Waals surface area contributed by atoms with Gasteiger partial charge in [-0.1, -0.05) is 11.6 Å². The second-order valence-corrected chi connectivity index (χ2v) is 4.23. The Balaban J connectivity index is 1.84. The zero-order valence-electron chi connectivity index (χ0n) is 8.79. The van der Waals surface area contributed by atoms with Crippen LogP contribution in [-0.2, 0) is 0 Å². The van der Waals surface area contributed by atoms with Crippen molar-refractivity contribution in [3.05, 3.63) is 29.3 Å². The molecule has 2 amide bonds. The van der Waals surface area contributed by atoms with E-state index in [4.69, 9.17) is 11.6 Å². The van der Waals surface area contributed by atoms with Crippen LogP contribution in [0.3, 0.4) is 0 Å². The summed E-state index contributed by atoms with van der Waals surface area (Å²) in [5.41, 5.74) is 0.743. The van der Waals surface area contributed by atoms with E-state index in [1.807, 2.05) is 0 Å². The molecular weight excluding hydrogens is 226 g/mol. The Morgan fingerprint density at radius 1 is 1.38 bits per heavy atom. The van der Waals surface area contributed by atoms with Gasteiger partial charge in [-0.05, 0) is 37.2 Å². The first kappa shape index (κ1) is 11.2. The van der Waals surface area contributed by atoms with Crippen molar-refractivity contribution in [2.24, 2.45) is 0 Å². The molecule has 1 atom stereocenters. The van der Waals surface area contributed by atoms with Gasteiger partial charge in [-0.25, -0.2) is 4.79 Å². The monoisotopic (exact) mass is 239 g/mol. The normalized spacial score (nSPS) is 19.4. The summed E-state index contributed by atoms with van der Waals surface area (Å²) >= 11 is 5.75. The van der Waals surface area contributed by atoms with E-state index < -0.39 is 0 Å². The number of nitrogens with one attached hydrogen (secondary N) is 3. The summed E-state index contributed by atoms with van der Waals surface area (Å²) in [4.78, 5) is 11.6. The first-order valence-corrected chi connectivity index (χ1v) is 5.65. The van der Waals surface area contributed by atoms with E-state index in [2.05, 4.69) is 16.0 Å². The molecule has 1 aromatic rings. The van der Waals surface area contributed by atoms with Gasteiger partial charge in [-0.3, -0.25) is 0 Å². The van der Waals surface area contributed by atoms with Gasteiger partial charge in [-0.15, -0.1) is 0 Å². The number of benzene rings is 1. The second kappa shape index (κ2) is 5.18. The highest BCUT2D eigenvalue weighted by Gasteiger charge is 2.16. The van der Waals surface area contributed by atoms with Crippen LogP contribution in [0.25, 0.3) is 0 Å². The lowest BCUT2D eigenvalue weighted by molar-refractivity contribution is 0.249. The predicted molar refractivity (Wildman–Crippen MR) is 64.9 cm³/mol. The molecular formula is C11H14ClN3O. The van der Waals surface area contributed by atoms with Crippen molar-refractivity contribution in [1.29, 1.82) is 0 Å². The maximum absolute atomic E-state index is 11.6. The summed E-state index contributed by atoms with van der Waals surface area (Å²) in [7, 11) is 0. The quantitative estimate of drug-likeness (QED) is 0.738. The molecule has 1 fully saturated rings. The maximum Gasteiger partial charge on any atom is 0.319 e. The highest BCUT2D eigenvalue weighted by atomic mass is 35.5. The third-order valence-electron chi connectivity index (χ3n) is 2.50. The fraction of sp³-hybridized carbons (Fsp3) is 0.364. The Bertz CT molecular complexity index is 360. The summed E-state index contributed by atoms with van der Waals surface area (Å²) in [6.07, 6.45) is 0.980. The molecule has 0 unspecified atom stereocenters. The molecule has 1 saturated heterocycles. The van der Waals surface area contributed by atoms with Gasteiger partial charge in [0.25, 0.3) is 0 Å². The smallest absolute Gasteiger partial charge is 0.319 e. The van der Waals surface area contributed by atoms with E-state index >= 15 is 0 Å². The van der Waals surface area contributed by atoms with E-state index in [1.165, 1.54) is 0 Å². The van der Waals surface area contributed by atoms with Crippen molar-refractivity contribution in [3.8, 4) is 0 Å². The molecule has 0 spiro atoms. The number of hydrogen-bond donors (Lipinski definition) is 3. The van der Waals surface area contributed by atoms with E-state index in [-0.39, 0.29) is 12.1 Å². The molecule has 0 aliphatic carbocycles. The van der Waals surface area contributed by atoms with Crippen LogP contribution in [0.1, 0.15) is 6.42 Å². The van der Waals surface area contributed by atoms with Crippen LogP contribution >= 0.6 is 11.6 Å². The van der Waals surface area contributed by atoms with Crippen molar-refractivity contribution in [2.75, 3.05) is 18.4 Å². The summed E-state index contributed by atoms with van der Waals surface area (Å²) < 4.78 is 0. The molecule has 5 heteroatoms. The molecule has 2 rings (SSSR count). The first-order valence-electron chi connectivity index (χ1n) is 5.28.